The highest BCUT2D eigenvalue weighted by atomic mass is 32.1. The zero-order chi connectivity index (χ0) is 32.6. The summed E-state index contributed by atoms with van der Waals surface area (Å²) in [6, 6.07) is 52.0. The molecule has 0 bridgehead atoms. The summed E-state index contributed by atoms with van der Waals surface area (Å²) < 4.78 is 1.14. The summed E-state index contributed by atoms with van der Waals surface area (Å²) in [4.78, 5) is 24.6. The molecular weight excluding hydrogens is 619 g/mol. The Hall–Kier alpha value is -6.37. The Bertz CT molecular complexity index is 2540. The molecule has 6 heteroatoms. The van der Waals surface area contributed by atoms with Gasteiger partial charge in [-0.1, -0.05) is 133 Å². The molecule has 0 unspecified atom stereocenters. The molecular formula is C43H27N5S. The van der Waals surface area contributed by atoms with Crippen LogP contribution in [0.5, 0.6) is 0 Å². The minimum absolute atomic E-state index is 0.612. The molecule has 0 spiro atoms. The van der Waals surface area contributed by atoms with Crippen molar-refractivity contribution in [1.82, 2.24) is 24.9 Å². The number of hydrogen-bond acceptors (Lipinski definition) is 6. The number of nitrogens with zero attached hydrogens (tertiary/aromatic N) is 5. The minimum atomic E-state index is 0.612. The molecule has 0 saturated carbocycles. The lowest BCUT2D eigenvalue weighted by Crippen LogP contribution is -2.00. The van der Waals surface area contributed by atoms with Crippen molar-refractivity contribution in [2.24, 2.45) is 0 Å². The quantitative estimate of drug-likeness (QED) is 0.180. The van der Waals surface area contributed by atoms with Crippen LogP contribution in [0.15, 0.2) is 164 Å². The van der Waals surface area contributed by atoms with Gasteiger partial charge in [-0.05, 0) is 40.3 Å². The third kappa shape index (κ3) is 5.44. The van der Waals surface area contributed by atoms with E-state index >= 15 is 0 Å². The van der Waals surface area contributed by atoms with Gasteiger partial charge in [0, 0.05) is 45.6 Å². The highest BCUT2D eigenvalue weighted by Crippen LogP contribution is 2.42. The van der Waals surface area contributed by atoms with Crippen LogP contribution in [0.25, 0.3) is 88.0 Å². The van der Waals surface area contributed by atoms with Gasteiger partial charge in [-0.2, -0.15) is 0 Å². The zero-order valence-corrected chi connectivity index (χ0v) is 27.0. The molecule has 0 aliphatic heterocycles. The predicted molar refractivity (Wildman–Crippen MR) is 201 cm³/mol. The average Bonchev–Trinajstić information content (AvgIpc) is 3.63. The number of para-hydroxylation sites is 1. The second-order valence-corrected chi connectivity index (χ2v) is 12.8. The topological polar surface area (TPSA) is 64.5 Å². The standard InChI is InChI=1S/C43H27N5S/c1-4-12-28(13-5-1)40-46-41(29-14-6-2-7-15-29)48-42(47-40)31-22-23-35(37(26-31)34-19-10-18-32-27-44-25-24-33(32)34)36-20-11-21-38-39(36)45-43(49-38)30-16-8-3-9-17-30/h1-27H. The van der Waals surface area contributed by atoms with Crippen molar-refractivity contribution in [2.45, 2.75) is 0 Å². The second-order valence-electron chi connectivity index (χ2n) is 11.7. The minimum Gasteiger partial charge on any atom is -0.264 e. The Morgan fingerprint density at radius 3 is 1.71 bits per heavy atom. The smallest absolute Gasteiger partial charge is 0.164 e. The number of benzene rings is 6. The Morgan fingerprint density at radius 1 is 0.408 bits per heavy atom. The molecule has 0 amide bonds. The largest absolute Gasteiger partial charge is 0.264 e. The van der Waals surface area contributed by atoms with E-state index in [2.05, 4.69) is 89.9 Å². The monoisotopic (exact) mass is 645 g/mol. The van der Waals surface area contributed by atoms with E-state index in [9.17, 15) is 0 Å². The van der Waals surface area contributed by atoms with Crippen molar-refractivity contribution in [3.63, 3.8) is 0 Å². The van der Waals surface area contributed by atoms with Crippen molar-refractivity contribution in [2.75, 3.05) is 0 Å². The fourth-order valence-corrected chi connectivity index (χ4v) is 7.30. The van der Waals surface area contributed by atoms with Crippen molar-refractivity contribution in [3.05, 3.63) is 164 Å². The van der Waals surface area contributed by atoms with Crippen molar-refractivity contribution >= 4 is 32.3 Å². The molecule has 0 saturated heterocycles. The molecule has 3 aromatic heterocycles. The van der Waals surface area contributed by atoms with Gasteiger partial charge in [-0.25, -0.2) is 19.9 Å². The van der Waals surface area contributed by atoms with Gasteiger partial charge in [0.15, 0.2) is 17.5 Å². The number of pyridine rings is 1. The van der Waals surface area contributed by atoms with Gasteiger partial charge in [-0.15, -0.1) is 11.3 Å². The summed E-state index contributed by atoms with van der Waals surface area (Å²) in [5, 5.41) is 3.20. The van der Waals surface area contributed by atoms with Gasteiger partial charge in [0.2, 0.25) is 0 Å². The fraction of sp³-hybridized carbons (Fsp3) is 0. The number of hydrogen-bond donors (Lipinski definition) is 0. The van der Waals surface area contributed by atoms with Crippen LogP contribution < -0.4 is 0 Å². The highest BCUT2D eigenvalue weighted by molar-refractivity contribution is 7.21. The first-order valence-corrected chi connectivity index (χ1v) is 16.9. The number of rotatable bonds is 6. The zero-order valence-electron chi connectivity index (χ0n) is 26.2. The normalized spacial score (nSPS) is 11.3. The van der Waals surface area contributed by atoms with Gasteiger partial charge in [0.25, 0.3) is 0 Å². The second kappa shape index (κ2) is 12.3. The Kier molecular flexibility index (Phi) is 7.26. The Balaban J connectivity index is 1.28. The number of fused-ring (bicyclic) bond motifs is 2. The molecule has 9 rings (SSSR count). The van der Waals surface area contributed by atoms with Crippen LogP contribution >= 0.6 is 11.3 Å². The molecule has 0 atom stereocenters. The molecule has 0 aliphatic rings. The maximum atomic E-state index is 5.20. The predicted octanol–water partition coefficient (Wildman–Crippen LogP) is 11.0. The first kappa shape index (κ1) is 28.8. The fourth-order valence-electron chi connectivity index (χ4n) is 6.31. The molecule has 0 radical (unpaired) electrons. The third-order valence-corrected chi connectivity index (χ3v) is 9.75. The van der Waals surface area contributed by atoms with Gasteiger partial charge >= 0.3 is 0 Å². The van der Waals surface area contributed by atoms with E-state index in [1.165, 1.54) is 0 Å². The van der Waals surface area contributed by atoms with Crippen LogP contribution in [-0.2, 0) is 0 Å². The summed E-state index contributed by atoms with van der Waals surface area (Å²) >= 11 is 1.72. The first-order valence-electron chi connectivity index (χ1n) is 16.1. The van der Waals surface area contributed by atoms with Crippen LogP contribution in [0.1, 0.15) is 0 Å². The van der Waals surface area contributed by atoms with Gasteiger partial charge < -0.3 is 0 Å². The maximum Gasteiger partial charge on any atom is 0.164 e. The molecule has 9 aromatic rings. The van der Waals surface area contributed by atoms with E-state index < -0.39 is 0 Å². The molecule has 5 nitrogen and oxygen atoms in total. The molecule has 3 heterocycles. The van der Waals surface area contributed by atoms with Crippen LogP contribution in [-0.4, -0.2) is 24.9 Å². The molecule has 6 aromatic carbocycles. The van der Waals surface area contributed by atoms with E-state index in [4.69, 9.17) is 19.9 Å². The van der Waals surface area contributed by atoms with E-state index in [1.54, 1.807) is 11.3 Å². The van der Waals surface area contributed by atoms with Crippen molar-refractivity contribution in [3.8, 4) is 67.0 Å². The molecule has 49 heavy (non-hydrogen) atoms. The lowest BCUT2D eigenvalue weighted by atomic mass is 9.90. The summed E-state index contributed by atoms with van der Waals surface area (Å²) in [5.41, 5.74) is 9.21. The van der Waals surface area contributed by atoms with E-state index in [0.29, 0.717) is 17.5 Å². The van der Waals surface area contributed by atoms with Gasteiger partial charge in [0.1, 0.15) is 5.01 Å². The van der Waals surface area contributed by atoms with Crippen LogP contribution in [0, 0.1) is 0 Å². The van der Waals surface area contributed by atoms with E-state index in [1.807, 2.05) is 79.1 Å². The first-order chi connectivity index (χ1) is 24.3. The van der Waals surface area contributed by atoms with Crippen molar-refractivity contribution < 1.29 is 0 Å². The van der Waals surface area contributed by atoms with Gasteiger partial charge in [0.05, 0.1) is 10.2 Å². The van der Waals surface area contributed by atoms with Gasteiger partial charge in [-0.3, -0.25) is 4.98 Å². The average molecular weight is 646 g/mol. The maximum absolute atomic E-state index is 5.20. The van der Waals surface area contributed by atoms with E-state index in [0.717, 1.165) is 70.5 Å². The van der Waals surface area contributed by atoms with Crippen LogP contribution in [0.3, 0.4) is 0 Å². The SMILES string of the molecule is c1ccc(-c2nc(-c3ccccc3)nc(-c3ccc(-c4cccc5sc(-c6ccccc6)nc45)c(-c4cccc5cnccc45)c3)n2)cc1. The molecule has 230 valence electrons. The molecule has 0 aliphatic carbocycles. The lowest BCUT2D eigenvalue weighted by Gasteiger charge is -2.15. The Morgan fingerprint density at radius 2 is 1.02 bits per heavy atom. The molecule has 0 N–H and O–H groups in total. The summed E-state index contributed by atoms with van der Waals surface area (Å²) in [6.07, 6.45) is 3.77. The van der Waals surface area contributed by atoms with Crippen molar-refractivity contribution in [1.29, 1.82) is 0 Å². The summed E-state index contributed by atoms with van der Waals surface area (Å²) in [5.74, 6) is 1.87. The summed E-state index contributed by atoms with van der Waals surface area (Å²) in [7, 11) is 0. The van der Waals surface area contributed by atoms with E-state index in [-0.39, 0.29) is 0 Å². The summed E-state index contributed by atoms with van der Waals surface area (Å²) in [6.45, 7) is 0. The van der Waals surface area contributed by atoms with Crippen LogP contribution in [0.2, 0.25) is 0 Å². The number of aromatic nitrogens is 5. The number of thiazole rings is 1. The Labute approximate surface area is 287 Å². The highest BCUT2D eigenvalue weighted by Gasteiger charge is 2.19. The third-order valence-electron chi connectivity index (χ3n) is 8.68. The van der Waals surface area contributed by atoms with Crippen LogP contribution in [0.4, 0.5) is 0 Å². The lowest BCUT2D eigenvalue weighted by molar-refractivity contribution is 1.07. The molecule has 0 fully saturated rings.